The van der Waals surface area contributed by atoms with Crippen LogP contribution in [0.4, 0.5) is 8.78 Å². The van der Waals surface area contributed by atoms with Crippen molar-refractivity contribution < 1.29 is 18.7 Å². The summed E-state index contributed by atoms with van der Waals surface area (Å²) in [6.07, 6.45) is 0. The fourth-order valence-electron chi connectivity index (χ4n) is 0.487. The minimum Gasteiger partial charge on any atom is -0.477 e. The highest BCUT2D eigenvalue weighted by molar-refractivity contribution is 7.12. The second-order valence-electron chi connectivity index (χ2n) is 1.53. The van der Waals surface area contributed by atoms with E-state index in [0.29, 0.717) is 6.07 Å². The standard InChI is InChI=1S/C5H2F2O2S/c6-2-1-3(7)10-4(2)5(8)9/h1H,(H,8,9). The summed E-state index contributed by atoms with van der Waals surface area (Å²) in [5.41, 5.74) is 0. The molecule has 0 amide bonds. The third-order valence-corrected chi connectivity index (χ3v) is 1.74. The van der Waals surface area contributed by atoms with E-state index in [9.17, 15) is 13.6 Å². The molecule has 0 aliphatic heterocycles. The predicted octanol–water partition coefficient (Wildman–Crippen LogP) is 1.72. The van der Waals surface area contributed by atoms with Gasteiger partial charge in [0.05, 0.1) is 0 Å². The molecule has 0 atom stereocenters. The van der Waals surface area contributed by atoms with Crippen LogP contribution in [-0.2, 0) is 0 Å². The molecule has 1 aromatic heterocycles. The molecular formula is C5H2F2O2S. The Morgan fingerprint density at radius 2 is 2.20 bits per heavy atom. The Morgan fingerprint density at radius 1 is 1.60 bits per heavy atom. The van der Waals surface area contributed by atoms with E-state index in [0.717, 1.165) is 0 Å². The Balaban J connectivity index is 3.15. The minimum absolute atomic E-state index is 0.281. The molecule has 0 radical (unpaired) electrons. The summed E-state index contributed by atoms with van der Waals surface area (Å²) < 4.78 is 24.3. The minimum atomic E-state index is -1.44. The number of carboxylic acid groups (broad SMARTS) is 1. The number of hydrogen-bond acceptors (Lipinski definition) is 2. The maximum Gasteiger partial charge on any atom is 0.349 e. The molecule has 10 heavy (non-hydrogen) atoms. The largest absolute Gasteiger partial charge is 0.477 e. The number of carboxylic acids is 1. The van der Waals surface area contributed by atoms with Crippen LogP contribution in [-0.4, -0.2) is 11.1 Å². The molecule has 0 aromatic carbocycles. The first-order valence-electron chi connectivity index (χ1n) is 2.29. The van der Waals surface area contributed by atoms with Crippen LogP contribution in [0.15, 0.2) is 6.07 Å². The Hall–Kier alpha value is -0.970. The van der Waals surface area contributed by atoms with E-state index in [2.05, 4.69) is 0 Å². The molecular weight excluding hydrogens is 162 g/mol. The lowest BCUT2D eigenvalue weighted by atomic mass is 10.4. The normalized spacial score (nSPS) is 9.80. The Bertz CT molecular complexity index is 269. The lowest BCUT2D eigenvalue weighted by Gasteiger charge is -1.82. The van der Waals surface area contributed by atoms with E-state index < -0.39 is 21.8 Å². The summed E-state index contributed by atoms with van der Waals surface area (Å²) in [5, 5.41) is 7.36. The van der Waals surface area contributed by atoms with Gasteiger partial charge in [-0.05, 0) is 0 Å². The van der Waals surface area contributed by atoms with Crippen molar-refractivity contribution in [1.29, 1.82) is 0 Å². The van der Waals surface area contributed by atoms with Crippen molar-refractivity contribution in [3.63, 3.8) is 0 Å². The van der Waals surface area contributed by atoms with E-state index in [1.165, 1.54) is 0 Å². The van der Waals surface area contributed by atoms with E-state index in [1.54, 1.807) is 0 Å². The van der Waals surface area contributed by atoms with Gasteiger partial charge in [0.1, 0.15) is 0 Å². The Kier molecular flexibility index (Phi) is 1.67. The molecule has 0 unspecified atom stereocenters. The number of thiophene rings is 1. The molecule has 0 bridgehead atoms. The van der Waals surface area contributed by atoms with Gasteiger partial charge >= 0.3 is 5.97 Å². The first-order chi connectivity index (χ1) is 4.61. The molecule has 0 aliphatic rings. The molecule has 0 aliphatic carbocycles. The zero-order valence-corrected chi connectivity index (χ0v) is 5.41. The van der Waals surface area contributed by atoms with Gasteiger partial charge < -0.3 is 5.11 Å². The highest BCUT2D eigenvalue weighted by Crippen LogP contribution is 2.18. The van der Waals surface area contributed by atoms with Gasteiger partial charge in [0, 0.05) is 6.07 Å². The van der Waals surface area contributed by atoms with Crippen LogP contribution in [0.25, 0.3) is 0 Å². The van der Waals surface area contributed by atoms with E-state index in [-0.39, 0.29) is 11.3 Å². The molecule has 2 nitrogen and oxygen atoms in total. The van der Waals surface area contributed by atoms with Gasteiger partial charge in [-0.15, -0.1) is 0 Å². The number of carbonyl (C=O) groups is 1. The maximum atomic E-state index is 12.3. The van der Waals surface area contributed by atoms with E-state index >= 15 is 0 Å². The SMILES string of the molecule is O=C(O)c1sc(F)cc1F. The fourth-order valence-corrected chi connectivity index (χ4v) is 1.09. The van der Waals surface area contributed by atoms with Crippen molar-refractivity contribution in [3.05, 3.63) is 21.9 Å². The van der Waals surface area contributed by atoms with Crippen molar-refractivity contribution in [2.24, 2.45) is 0 Å². The molecule has 0 saturated carbocycles. The second-order valence-corrected chi connectivity index (χ2v) is 2.54. The molecule has 5 heteroatoms. The summed E-state index contributed by atoms with van der Waals surface area (Å²) in [6, 6.07) is 0.550. The first-order valence-corrected chi connectivity index (χ1v) is 3.11. The van der Waals surface area contributed by atoms with Crippen LogP contribution >= 0.6 is 11.3 Å². The lowest BCUT2D eigenvalue weighted by Crippen LogP contribution is -1.93. The predicted molar refractivity (Wildman–Crippen MR) is 31.2 cm³/mol. The zero-order chi connectivity index (χ0) is 7.72. The molecule has 1 aromatic rings. The molecule has 54 valence electrons. The number of halogens is 2. The van der Waals surface area contributed by atoms with Gasteiger partial charge in [-0.1, -0.05) is 11.3 Å². The second kappa shape index (κ2) is 2.34. The van der Waals surface area contributed by atoms with Crippen LogP contribution in [0, 0.1) is 10.9 Å². The average molecular weight is 164 g/mol. The highest BCUT2D eigenvalue weighted by atomic mass is 32.1. The van der Waals surface area contributed by atoms with Crippen molar-refractivity contribution in [2.45, 2.75) is 0 Å². The maximum absolute atomic E-state index is 12.3. The summed E-state index contributed by atoms with van der Waals surface area (Å²) >= 11 is 0.281. The van der Waals surface area contributed by atoms with Gasteiger partial charge in [-0.2, -0.15) is 4.39 Å². The van der Waals surface area contributed by atoms with Gasteiger partial charge in [-0.3, -0.25) is 0 Å². The van der Waals surface area contributed by atoms with Crippen LogP contribution in [0.5, 0.6) is 0 Å². The van der Waals surface area contributed by atoms with Crippen molar-refractivity contribution in [2.75, 3.05) is 0 Å². The topological polar surface area (TPSA) is 37.3 Å². The molecule has 1 N–H and O–H groups in total. The van der Waals surface area contributed by atoms with Crippen LogP contribution in [0.2, 0.25) is 0 Å². The van der Waals surface area contributed by atoms with E-state index in [4.69, 9.17) is 5.11 Å². The summed E-state index contributed by atoms with van der Waals surface area (Å²) in [4.78, 5) is 9.45. The van der Waals surface area contributed by atoms with Gasteiger partial charge in [0.15, 0.2) is 15.8 Å². The van der Waals surface area contributed by atoms with E-state index in [1.807, 2.05) is 0 Å². The number of rotatable bonds is 1. The molecule has 1 heterocycles. The third kappa shape index (κ3) is 1.13. The van der Waals surface area contributed by atoms with Crippen LogP contribution in [0.3, 0.4) is 0 Å². The highest BCUT2D eigenvalue weighted by Gasteiger charge is 2.14. The lowest BCUT2D eigenvalue weighted by molar-refractivity contribution is 0.0697. The number of aromatic carboxylic acids is 1. The third-order valence-electron chi connectivity index (χ3n) is 0.851. The fraction of sp³-hybridized carbons (Fsp3) is 0. The molecule has 0 fully saturated rings. The Labute approximate surface area is 58.7 Å². The van der Waals surface area contributed by atoms with Crippen LogP contribution in [0.1, 0.15) is 9.67 Å². The quantitative estimate of drug-likeness (QED) is 0.686. The van der Waals surface area contributed by atoms with Gasteiger partial charge in [-0.25, -0.2) is 9.18 Å². The monoisotopic (exact) mass is 164 g/mol. The molecule has 0 spiro atoms. The Morgan fingerprint density at radius 3 is 2.40 bits per heavy atom. The molecule has 0 saturated heterocycles. The average Bonchev–Trinajstić information content (AvgIpc) is 2.10. The zero-order valence-electron chi connectivity index (χ0n) is 4.60. The first kappa shape index (κ1) is 7.14. The smallest absolute Gasteiger partial charge is 0.349 e. The summed E-state index contributed by atoms with van der Waals surface area (Å²) in [7, 11) is 0. The summed E-state index contributed by atoms with van der Waals surface area (Å²) in [6.45, 7) is 0. The summed E-state index contributed by atoms with van der Waals surface area (Å²) in [5.74, 6) is -2.46. The van der Waals surface area contributed by atoms with Crippen molar-refractivity contribution in [3.8, 4) is 0 Å². The van der Waals surface area contributed by atoms with Gasteiger partial charge in [0.25, 0.3) is 0 Å². The van der Waals surface area contributed by atoms with Crippen molar-refractivity contribution >= 4 is 17.3 Å². The van der Waals surface area contributed by atoms with Gasteiger partial charge in [0.2, 0.25) is 0 Å². The molecule has 1 rings (SSSR count). The van der Waals surface area contributed by atoms with Crippen LogP contribution < -0.4 is 0 Å². The van der Waals surface area contributed by atoms with Crippen molar-refractivity contribution in [1.82, 2.24) is 0 Å². The number of hydrogen-bond donors (Lipinski definition) is 1.